The molecule has 2 N–H and O–H groups in total. The van der Waals surface area contributed by atoms with Crippen molar-refractivity contribution >= 4 is 5.97 Å². The molecule has 17 heavy (non-hydrogen) atoms. The quantitative estimate of drug-likeness (QED) is 0.779. The molecule has 0 bridgehead atoms. The van der Waals surface area contributed by atoms with Crippen LogP contribution in [0.15, 0.2) is 24.5 Å². The van der Waals surface area contributed by atoms with Gasteiger partial charge in [0.15, 0.2) is 0 Å². The van der Waals surface area contributed by atoms with Gasteiger partial charge in [-0.1, -0.05) is 6.07 Å². The fraction of sp³-hybridized carbons (Fsp3) is 0.500. The van der Waals surface area contributed by atoms with Crippen LogP contribution in [0.5, 0.6) is 0 Å². The van der Waals surface area contributed by atoms with Crippen LogP contribution in [0.4, 0.5) is 0 Å². The van der Waals surface area contributed by atoms with Gasteiger partial charge < -0.3 is 9.84 Å². The predicted octanol–water partition coefficient (Wildman–Crippen LogP) is 1.22. The lowest BCUT2D eigenvalue weighted by Gasteiger charge is -2.29. The Morgan fingerprint density at radius 3 is 2.88 bits per heavy atom. The third-order valence-corrected chi connectivity index (χ3v) is 2.62. The summed E-state index contributed by atoms with van der Waals surface area (Å²) in [5.41, 5.74) is -0.166. The minimum absolute atomic E-state index is 0.104. The number of ether oxygens (including phenoxy) is 1. The number of aromatic nitrogens is 1. The van der Waals surface area contributed by atoms with E-state index in [2.05, 4.69) is 10.3 Å². The zero-order chi connectivity index (χ0) is 12.9. The monoisotopic (exact) mass is 238 g/mol. The first-order valence-corrected chi connectivity index (χ1v) is 5.39. The van der Waals surface area contributed by atoms with E-state index in [0.29, 0.717) is 0 Å². The number of hydrogen-bond acceptors (Lipinski definition) is 4. The lowest BCUT2D eigenvalue weighted by atomic mass is 10.0. The Morgan fingerprint density at radius 2 is 2.41 bits per heavy atom. The molecular weight excluding hydrogens is 220 g/mol. The summed E-state index contributed by atoms with van der Waals surface area (Å²) in [6.45, 7) is 3.60. The van der Waals surface area contributed by atoms with Crippen molar-refractivity contribution < 1.29 is 14.6 Å². The van der Waals surface area contributed by atoms with Crippen molar-refractivity contribution in [1.29, 1.82) is 0 Å². The van der Waals surface area contributed by atoms with E-state index < -0.39 is 11.5 Å². The number of hydrogen-bond donors (Lipinski definition) is 2. The maximum Gasteiger partial charge on any atom is 0.326 e. The molecule has 0 saturated carbocycles. The fourth-order valence-corrected chi connectivity index (χ4v) is 1.65. The molecule has 5 heteroatoms. The van der Waals surface area contributed by atoms with Gasteiger partial charge in [0.2, 0.25) is 0 Å². The van der Waals surface area contributed by atoms with E-state index in [-0.39, 0.29) is 12.6 Å². The molecule has 0 amide bonds. The number of methoxy groups -OCH3 is 1. The van der Waals surface area contributed by atoms with E-state index in [0.717, 1.165) is 5.56 Å². The highest BCUT2D eigenvalue weighted by Crippen LogP contribution is 2.16. The van der Waals surface area contributed by atoms with E-state index in [1.807, 2.05) is 19.1 Å². The van der Waals surface area contributed by atoms with Crippen molar-refractivity contribution in [3.63, 3.8) is 0 Å². The Hall–Kier alpha value is -1.46. The van der Waals surface area contributed by atoms with Crippen molar-refractivity contribution in [3.8, 4) is 0 Å². The zero-order valence-electron chi connectivity index (χ0n) is 10.3. The topological polar surface area (TPSA) is 71.5 Å². The van der Waals surface area contributed by atoms with Gasteiger partial charge >= 0.3 is 5.97 Å². The van der Waals surface area contributed by atoms with E-state index >= 15 is 0 Å². The molecule has 1 rings (SSSR count). The van der Waals surface area contributed by atoms with Crippen LogP contribution in [0.3, 0.4) is 0 Å². The molecule has 0 fully saturated rings. The van der Waals surface area contributed by atoms with Crippen LogP contribution in [-0.2, 0) is 9.53 Å². The molecule has 0 aliphatic carbocycles. The molecule has 0 radical (unpaired) electrons. The van der Waals surface area contributed by atoms with Gasteiger partial charge in [0.1, 0.15) is 5.54 Å². The molecule has 2 atom stereocenters. The second-order valence-electron chi connectivity index (χ2n) is 4.22. The van der Waals surface area contributed by atoms with Crippen LogP contribution in [0.2, 0.25) is 0 Å². The van der Waals surface area contributed by atoms with Gasteiger partial charge in [0.05, 0.1) is 6.61 Å². The van der Waals surface area contributed by atoms with Gasteiger partial charge in [0, 0.05) is 25.5 Å². The van der Waals surface area contributed by atoms with Crippen LogP contribution in [0.1, 0.15) is 25.5 Å². The number of carboxylic acids is 1. The molecule has 0 saturated heterocycles. The molecule has 0 spiro atoms. The lowest BCUT2D eigenvalue weighted by molar-refractivity contribution is -0.146. The van der Waals surface area contributed by atoms with Gasteiger partial charge in [0.25, 0.3) is 0 Å². The minimum atomic E-state index is -1.11. The summed E-state index contributed by atoms with van der Waals surface area (Å²) in [5.74, 6) is -0.935. The number of nitrogens with one attached hydrogen (secondary N) is 1. The summed E-state index contributed by atoms with van der Waals surface area (Å²) >= 11 is 0. The second kappa shape index (κ2) is 5.75. The van der Waals surface area contributed by atoms with E-state index in [1.165, 1.54) is 7.11 Å². The van der Waals surface area contributed by atoms with E-state index in [9.17, 15) is 9.90 Å². The lowest BCUT2D eigenvalue weighted by Crippen LogP contribution is -2.53. The van der Waals surface area contributed by atoms with E-state index in [1.54, 1.807) is 19.3 Å². The largest absolute Gasteiger partial charge is 0.480 e. The molecule has 0 aromatic carbocycles. The molecular formula is C12H18N2O3. The number of aliphatic carboxylic acids is 1. The Bertz CT molecular complexity index is 369. The third kappa shape index (κ3) is 3.51. The number of carboxylic acid groups (broad SMARTS) is 1. The van der Waals surface area contributed by atoms with Crippen LogP contribution >= 0.6 is 0 Å². The van der Waals surface area contributed by atoms with Crippen LogP contribution in [0.25, 0.3) is 0 Å². The molecule has 1 aromatic rings. The Balaban J connectivity index is 2.78. The number of carbonyl (C=O) groups is 1. The Labute approximate surface area is 101 Å². The molecule has 5 nitrogen and oxygen atoms in total. The highest BCUT2D eigenvalue weighted by molar-refractivity contribution is 5.78. The van der Waals surface area contributed by atoms with Crippen molar-refractivity contribution in [2.24, 2.45) is 0 Å². The second-order valence-corrected chi connectivity index (χ2v) is 4.22. The number of nitrogens with zero attached hydrogens (tertiary/aromatic N) is 1. The van der Waals surface area contributed by atoms with Crippen LogP contribution in [-0.4, -0.2) is 35.3 Å². The third-order valence-electron chi connectivity index (χ3n) is 2.62. The van der Waals surface area contributed by atoms with Crippen LogP contribution in [0, 0.1) is 0 Å². The molecule has 1 heterocycles. The normalized spacial score (nSPS) is 16.2. The van der Waals surface area contributed by atoms with Gasteiger partial charge in [-0.25, -0.2) is 0 Å². The molecule has 0 aliphatic rings. The predicted molar refractivity (Wildman–Crippen MR) is 63.7 cm³/mol. The Morgan fingerprint density at radius 1 is 1.71 bits per heavy atom. The van der Waals surface area contributed by atoms with Crippen molar-refractivity contribution in [2.75, 3.05) is 13.7 Å². The maximum absolute atomic E-state index is 11.2. The summed E-state index contributed by atoms with van der Waals surface area (Å²) in [4.78, 5) is 15.2. The van der Waals surface area contributed by atoms with Gasteiger partial charge in [-0.15, -0.1) is 0 Å². The number of rotatable bonds is 6. The summed E-state index contributed by atoms with van der Waals surface area (Å²) in [5, 5.41) is 12.2. The van der Waals surface area contributed by atoms with Gasteiger partial charge in [-0.05, 0) is 25.5 Å². The minimum Gasteiger partial charge on any atom is -0.480 e. The first-order chi connectivity index (χ1) is 7.99. The molecule has 2 unspecified atom stereocenters. The summed E-state index contributed by atoms with van der Waals surface area (Å²) in [7, 11) is 1.48. The summed E-state index contributed by atoms with van der Waals surface area (Å²) in [6.07, 6.45) is 3.40. The van der Waals surface area contributed by atoms with Crippen molar-refractivity contribution in [1.82, 2.24) is 10.3 Å². The number of pyridine rings is 1. The smallest absolute Gasteiger partial charge is 0.326 e. The average Bonchev–Trinajstić information content (AvgIpc) is 2.30. The first kappa shape index (κ1) is 13.6. The van der Waals surface area contributed by atoms with Gasteiger partial charge in [-0.3, -0.25) is 15.1 Å². The highest BCUT2D eigenvalue weighted by atomic mass is 16.5. The Kier molecular flexibility index (Phi) is 4.60. The standard InChI is InChI=1S/C12H18N2O3/c1-9(10-5-4-6-13-7-10)14-12(2,8-17-3)11(15)16/h4-7,9,14H,8H2,1-3H3,(H,15,16). The van der Waals surface area contributed by atoms with Gasteiger partial charge in [-0.2, -0.15) is 0 Å². The molecule has 0 aliphatic heterocycles. The maximum atomic E-state index is 11.2. The molecule has 1 aromatic heterocycles. The van der Waals surface area contributed by atoms with Crippen molar-refractivity contribution in [3.05, 3.63) is 30.1 Å². The van der Waals surface area contributed by atoms with Crippen molar-refractivity contribution in [2.45, 2.75) is 25.4 Å². The zero-order valence-corrected chi connectivity index (χ0v) is 10.3. The SMILES string of the molecule is COCC(C)(NC(C)c1cccnc1)C(=O)O. The van der Waals surface area contributed by atoms with Crippen LogP contribution < -0.4 is 5.32 Å². The summed E-state index contributed by atoms with van der Waals surface area (Å²) < 4.78 is 4.95. The first-order valence-electron chi connectivity index (χ1n) is 5.39. The highest BCUT2D eigenvalue weighted by Gasteiger charge is 2.34. The fourth-order valence-electron chi connectivity index (χ4n) is 1.65. The molecule has 94 valence electrons. The average molecular weight is 238 g/mol. The van der Waals surface area contributed by atoms with E-state index in [4.69, 9.17) is 4.74 Å². The summed E-state index contributed by atoms with van der Waals surface area (Å²) in [6, 6.07) is 3.61.